The van der Waals surface area contributed by atoms with Crippen LogP contribution in [0.4, 0.5) is 0 Å². The van der Waals surface area contributed by atoms with Crippen LogP contribution in [0.25, 0.3) is 0 Å². The summed E-state index contributed by atoms with van der Waals surface area (Å²) in [5.74, 6) is 1.07. The number of hydrogen-bond acceptors (Lipinski definition) is 0. The van der Waals surface area contributed by atoms with Gasteiger partial charge in [0.15, 0.2) is 0 Å². The van der Waals surface area contributed by atoms with E-state index in [4.69, 9.17) is 23.2 Å². The van der Waals surface area contributed by atoms with Crippen LogP contribution in [0.2, 0.25) is 0 Å². The van der Waals surface area contributed by atoms with Crippen LogP contribution < -0.4 is 0 Å². The largest absolute Gasteiger partial charge is 0.122 e. The van der Waals surface area contributed by atoms with Crippen molar-refractivity contribution in [2.75, 3.05) is 0 Å². The van der Waals surface area contributed by atoms with Gasteiger partial charge in [-0.1, -0.05) is 28.1 Å². The Morgan fingerprint density at radius 3 is 2.36 bits per heavy atom. The molecule has 1 aromatic rings. The normalized spacial score (nSPS) is 10.1. The summed E-state index contributed by atoms with van der Waals surface area (Å²) in [5, 5.41) is 0. The van der Waals surface area contributed by atoms with E-state index in [2.05, 4.69) is 15.9 Å². The lowest BCUT2D eigenvalue weighted by Crippen LogP contribution is -1.83. The van der Waals surface area contributed by atoms with Gasteiger partial charge in [0.1, 0.15) is 0 Å². The molecule has 0 unspecified atom stereocenters. The summed E-state index contributed by atoms with van der Waals surface area (Å²) in [6.07, 6.45) is 0. The number of rotatable bonds is 2. The Kier molecular flexibility index (Phi) is 3.70. The van der Waals surface area contributed by atoms with E-state index in [1.54, 1.807) is 0 Å². The molecule has 0 nitrogen and oxygen atoms in total. The van der Waals surface area contributed by atoms with E-state index in [1.165, 1.54) is 0 Å². The highest BCUT2D eigenvalue weighted by Crippen LogP contribution is 2.20. The first-order chi connectivity index (χ1) is 5.27. The van der Waals surface area contributed by atoms with Crippen LogP contribution in [0.15, 0.2) is 22.7 Å². The van der Waals surface area contributed by atoms with Gasteiger partial charge in [-0.25, -0.2) is 0 Å². The van der Waals surface area contributed by atoms with Gasteiger partial charge < -0.3 is 0 Å². The van der Waals surface area contributed by atoms with Crippen LogP contribution in [0.3, 0.4) is 0 Å². The maximum atomic E-state index is 5.66. The molecule has 0 bridgehead atoms. The molecule has 0 amide bonds. The summed E-state index contributed by atoms with van der Waals surface area (Å²) >= 11 is 14.7. The Morgan fingerprint density at radius 2 is 1.91 bits per heavy atom. The van der Waals surface area contributed by atoms with Gasteiger partial charge in [-0.3, -0.25) is 0 Å². The van der Waals surface area contributed by atoms with Crippen molar-refractivity contribution in [1.29, 1.82) is 0 Å². The Balaban J connectivity index is 2.99. The molecule has 0 saturated carbocycles. The molecule has 0 radical (unpaired) electrons. The number of alkyl halides is 2. The second-order valence-electron chi connectivity index (χ2n) is 2.19. The molecular formula is C8H7BrCl2. The van der Waals surface area contributed by atoms with Gasteiger partial charge in [0, 0.05) is 16.2 Å². The van der Waals surface area contributed by atoms with Crippen molar-refractivity contribution in [1.82, 2.24) is 0 Å². The zero-order valence-corrected chi connectivity index (χ0v) is 8.88. The monoisotopic (exact) mass is 252 g/mol. The minimum Gasteiger partial charge on any atom is -0.122 e. The van der Waals surface area contributed by atoms with Crippen LogP contribution in [0.5, 0.6) is 0 Å². The molecule has 11 heavy (non-hydrogen) atoms. The molecule has 60 valence electrons. The molecule has 0 aliphatic rings. The first-order valence-corrected chi connectivity index (χ1v) is 5.03. The second-order valence-corrected chi connectivity index (χ2v) is 3.58. The zero-order valence-electron chi connectivity index (χ0n) is 5.78. The highest BCUT2D eigenvalue weighted by Gasteiger charge is 1.98. The van der Waals surface area contributed by atoms with Crippen molar-refractivity contribution in [3.05, 3.63) is 33.8 Å². The fourth-order valence-corrected chi connectivity index (χ4v) is 1.91. The molecule has 0 heterocycles. The molecular weight excluding hydrogens is 247 g/mol. The van der Waals surface area contributed by atoms with E-state index in [1.807, 2.05) is 18.2 Å². The zero-order chi connectivity index (χ0) is 8.27. The van der Waals surface area contributed by atoms with Crippen molar-refractivity contribution < 1.29 is 0 Å². The van der Waals surface area contributed by atoms with Gasteiger partial charge in [-0.2, -0.15) is 0 Å². The Hall–Kier alpha value is 0.280. The molecule has 1 aromatic carbocycles. The van der Waals surface area contributed by atoms with Crippen molar-refractivity contribution in [2.45, 2.75) is 11.8 Å². The van der Waals surface area contributed by atoms with Gasteiger partial charge in [-0.05, 0) is 17.2 Å². The van der Waals surface area contributed by atoms with Crippen LogP contribution in [-0.2, 0) is 11.8 Å². The number of hydrogen-bond donors (Lipinski definition) is 0. The van der Waals surface area contributed by atoms with E-state index in [0.717, 1.165) is 15.6 Å². The standard InChI is InChI=1S/C8H7BrCl2/c9-8-3-6(4-10)1-2-7(8)5-11/h1-3H,4-5H2. The van der Waals surface area contributed by atoms with Crippen molar-refractivity contribution in [2.24, 2.45) is 0 Å². The fraction of sp³-hybridized carbons (Fsp3) is 0.250. The molecule has 0 spiro atoms. The molecule has 0 aliphatic carbocycles. The van der Waals surface area contributed by atoms with Gasteiger partial charge in [0.05, 0.1) is 0 Å². The summed E-state index contributed by atoms with van der Waals surface area (Å²) in [6, 6.07) is 5.95. The van der Waals surface area contributed by atoms with Gasteiger partial charge in [0.2, 0.25) is 0 Å². The molecule has 0 N–H and O–H groups in total. The number of halogens is 3. The molecule has 1 rings (SSSR count). The molecule has 3 heteroatoms. The van der Waals surface area contributed by atoms with Gasteiger partial charge in [-0.15, -0.1) is 23.2 Å². The van der Waals surface area contributed by atoms with Crippen molar-refractivity contribution in [3.8, 4) is 0 Å². The highest BCUT2D eigenvalue weighted by atomic mass is 79.9. The first kappa shape index (κ1) is 9.37. The third-order valence-corrected chi connectivity index (χ3v) is 2.75. The van der Waals surface area contributed by atoms with Crippen LogP contribution in [-0.4, -0.2) is 0 Å². The van der Waals surface area contributed by atoms with Crippen molar-refractivity contribution >= 4 is 39.1 Å². The summed E-state index contributed by atoms with van der Waals surface area (Å²) in [6.45, 7) is 0. The number of benzene rings is 1. The highest BCUT2D eigenvalue weighted by molar-refractivity contribution is 9.10. The average Bonchev–Trinajstić information content (AvgIpc) is 2.04. The Morgan fingerprint density at radius 1 is 1.18 bits per heavy atom. The van der Waals surface area contributed by atoms with Crippen LogP contribution in [0.1, 0.15) is 11.1 Å². The molecule has 0 aromatic heterocycles. The predicted octanol–water partition coefficient (Wildman–Crippen LogP) is 3.93. The van der Waals surface area contributed by atoms with Crippen LogP contribution in [0, 0.1) is 0 Å². The van der Waals surface area contributed by atoms with E-state index < -0.39 is 0 Å². The molecule has 0 atom stereocenters. The van der Waals surface area contributed by atoms with E-state index >= 15 is 0 Å². The maximum absolute atomic E-state index is 5.66. The van der Waals surface area contributed by atoms with E-state index in [9.17, 15) is 0 Å². The fourth-order valence-electron chi connectivity index (χ4n) is 0.782. The Bertz CT molecular complexity index is 248. The SMILES string of the molecule is ClCc1ccc(CCl)c(Br)c1. The summed E-state index contributed by atoms with van der Waals surface area (Å²) in [7, 11) is 0. The van der Waals surface area contributed by atoms with Gasteiger partial charge in [0.25, 0.3) is 0 Å². The quantitative estimate of drug-likeness (QED) is 0.701. The first-order valence-electron chi connectivity index (χ1n) is 3.17. The molecule has 0 saturated heterocycles. The van der Waals surface area contributed by atoms with Crippen molar-refractivity contribution in [3.63, 3.8) is 0 Å². The maximum Gasteiger partial charge on any atom is 0.0485 e. The second kappa shape index (κ2) is 4.34. The Labute approximate surface area is 84.6 Å². The minimum atomic E-state index is 0.531. The third-order valence-electron chi connectivity index (χ3n) is 1.42. The lowest BCUT2D eigenvalue weighted by molar-refractivity contribution is 1.31. The van der Waals surface area contributed by atoms with E-state index in [-0.39, 0.29) is 0 Å². The summed E-state index contributed by atoms with van der Waals surface area (Å²) in [4.78, 5) is 0. The predicted molar refractivity (Wildman–Crippen MR) is 53.3 cm³/mol. The minimum absolute atomic E-state index is 0.531. The topological polar surface area (TPSA) is 0 Å². The molecule has 0 aliphatic heterocycles. The lowest BCUT2D eigenvalue weighted by atomic mass is 10.2. The lowest BCUT2D eigenvalue weighted by Gasteiger charge is -2.01. The average molecular weight is 254 g/mol. The van der Waals surface area contributed by atoms with Crippen LogP contribution >= 0.6 is 39.1 Å². The summed E-state index contributed by atoms with van der Waals surface area (Å²) in [5.41, 5.74) is 2.20. The summed E-state index contributed by atoms with van der Waals surface area (Å²) < 4.78 is 1.03. The van der Waals surface area contributed by atoms with Gasteiger partial charge >= 0.3 is 0 Å². The molecule has 0 fully saturated rings. The smallest absolute Gasteiger partial charge is 0.0485 e. The third kappa shape index (κ3) is 2.36. The van der Waals surface area contributed by atoms with E-state index in [0.29, 0.717) is 11.8 Å².